The van der Waals surface area contributed by atoms with Crippen LogP contribution in [0.2, 0.25) is 0 Å². The van der Waals surface area contributed by atoms with Crippen LogP contribution >= 0.6 is 0 Å². The second-order valence-electron chi connectivity index (χ2n) is 6.08. The number of nitrogens with one attached hydrogen (secondary N) is 1. The molecule has 0 bridgehead atoms. The number of nitrogens with zero attached hydrogens (tertiary/aromatic N) is 2. The number of carbonyl (C=O) groups is 2. The molecule has 5 heteroatoms. The van der Waals surface area contributed by atoms with Gasteiger partial charge in [-0.05, 0) is 12.0 Å². The maximum absolute atomic E-state index is 12.9. The van der Waals surface area contributed by atoms with Crippen LogP contribution < -0.4 is 5.32 Å². The van der Waals surface area contributed by atoms with Gasteiger partial charge in [0.25, 0.3) is 0 Å². The number of likely N-dealkylation sites (tertiary alicyclic amines) is 1. The van der Waals surface area contributed by atoms with Gasteiger partial charge in [0.1, 0.15) is 0 Å². The summed E-state index contributed by atoms with van der Waals surface area (Å²) in [5, 5.41) is 3.27. The highest BCUT2D eigenvalue weighted by molar-refractivity contribution is 5.85. The van der Waals surface area contributed by atoms with Gasteiger partial charge in [-0.2, -0.15) is 0 Å². The van der Waals surface area contributed by atoms with Crippen LogP contribution in [0, 0.1) is 5.92 Å². The van der Waals surface area contributed by atoms with Crippen LogP contribution in [0.4, 0.5) is 0 Å². The van der Waals surface area contributed by atoms with Gasteiger partial charge in [0.15, 0.2) is 0 Å². The molecule has 1 aromatic rings. The quantitative estimate of drug-likeness (QED) is 0.887. The van der Waals surface area contributed by atoms with E-state index in [4.69, 9.17) is 0 Å². The highest BCUT2D eigenvalue weighted by Gasteiger charge is 2.40. The molecule has 1 aromatic carbocycles. The third-order valence-corrected chi connectivity index (χ3v) is 4.75. The number of amides is 2. The van der Waals surface area contributed by atoms with Crippen LogP contribution in [-0.4, -0.2) is 54.8 Å². The van der Waals surface area contributed by atoms with Gasteiger partial charge < -0.3 is 15.1 Å². The molecule has 0 aliphatic carbocycles. The van der Waals surface area contributed by atoms with Gasteiger partial charge in [0.2, 0.25) is 11.8 Å². The monoisotopic (exact) mass is 301 g/mol. The fraction of sp³-hybridized carbons (Fsp3) is 0.529. The van der Waals surface area contributed by atoms with Crippen LogP contribution in [0.25, 0.3) is 0 Å². The Kier molecular flexibility index (Phi) is 4.43. The summed E-state index contributed by atoms with van der Waals surface area (Å²) in [6, 6.07) is 9.77. The van der Waals surface area contributed by atoms with Crippen molar-refractivity contribution >= 4 is 11.8 Å². The minimum Gasteiger partial charge on any atom is -0.340 e. The van der Waals surface area contributed by atoms with Gasteiger partial charge in [0, 0.05) is 39.6 Å². The molecule has 0 saturated carbocycles. The largest absolute Gasteiger partial charge is 0.340 e. The van der Waals surface area contributed by atoms with E-state index >= 15 is 0 Å². The van der Waals surface area contributed by atoms with Gasteiger partial charge in [-0.1, -0.05) is 30.3 Å². The van der Waals surface area contributed by atoms with Gasteiger partial charge in [0.05, 0.1) is 12.0 Å². The fourth-order valence-electron chi connectivity index (χ4n) is 3.52. The van der Waals surface area contributed by atoms with Gasteiger partial charge in [-0.15, -0.1) is 0 Å². The molecular weight excluding hydrogens is 278 g/mol. The van der Waals surface area contributed by atoms with E-state index in [0.717, 1.165) is 31.7 Å². The molecule has 0 radical (unpaired) electrons. The molecule has 22 heavy (non-hydrogen) atoms. The predicted molar refractivity (Wildman–Crippen MR) is 84.1 cm³/mol. The minimum absolute atomic E-state index is 0.123. The lowest BCUT2D eigenvalue weighted by Crippen LogP contribution is -2.52. The van der Waals surface area contributed by atoms with Gasteiger partial charge in [-0.25, -0.2) is 0 Å². The lowest BCUT2D eigenvalue weighted by molar-refractivity contribution is -0.147. The number of hydrogen-bond acceptors (Lipinski definition) is 3. The standard InChI is InChI=1S/C17H23N3O2/c1-19-15(21)8-7-14(16(19)13-5-3-2-4-6-13)17(22)20-11-9-18-10-12-20/h2-6,14,16,18H,7-12H2,1H3. The van der Waals surface area contributed by atoms with E-state index in [1.54, 1.807) is 4.90 Å². The molecule has 0 spiro atoms. The number of rotatable bonds is 2. The van der Waals surface area contributed by atoms with Crippen molar-refractivity contribution in [3.63, 3.8) is 0 Å². The number of benzene rings is 1. The predicted octanol–water partition coefficient (Wildman–Crippen LogP) is 1.03. The Morgan fingerprint density at radius 1 is 1.18 bits per heavy atom. The maximum Gasteiger partial charge on any atom is 0.228 e. The molecule has 2 fully saturated rings. The topological polar surface area (TPSA) is 52.7 Å². The molecule has 2 unspecified atom stereocenters. The summed E-state index contributed by atoms with van der Waals surface area (Å²) >= 11 is 0. The zero-order valence-electron chi connectivity index (χ0n) is 13.0. The average molecular weight is 301 g/mol. The average Bonchev–Trinajstić information content (AvgIpc) is 2.58. The number of carbonyl (C=O) groups excluding carboxylic acids is 2. The second-order valence-corrected chi connectivity index (χ2v) is 6.08. The molecule has 118 valence electrons. The Morgan fingerprint density at radius 2 is 1.86 bits per heavy atom. The van der Waals surface area contributed by atoms with Crippen LogP contribution in [0.1, 0.15) is 24.4 Å². The van der Waals surface area contributed by atoms with E-state index in [2.05, 4.69) is 5.32 Å². The summed E-state index contributed by atoms with van der Waals surface area (Å²) in [6.07, 6.45) is 1.10. The molecule has 2 aliphatic heterocycles. The van der Waals surface area contributed by atoms with E-state index in [9.17, 15) is 9.59 Å². The molecule has 1 N–H and O–H groups in total. The summed E-state index contributed by atoms with van der Waals surface area (Å²) in [5.74, 6) is 0.177. The Bertz CT molecular complexity index is 540. The molecule has 5 nitrogen and oxygen atoms in total. The Hall–Kier alpha value is -1.88. The fourth-order valence-corrected chi connectivity index (χ4v) is 3.52. The first-order chi connectivity index (χ1) is 10.7. The van der Waals surface area contributed by atoms with Crippen molar-refractivity contribution in [3.05, 3.63) is 35.9 Å². The molecular formula is C17H23N3O2. The van der Waals surface area contributed by atoms with Crippen molar-refractivity contribution in [3.8, 4) is 0 Å². The third-order valence-electron chi connectivity index (χ3n) is 4.75. The Labute approximate surface area is 131 Å². The van der Waals surface area contributed by atoms with Gasteiger partial charge >= 0.3 is 0 Å². The first kappa shape index (κ1) is 15.0. The van der Waals surface area contributed by atoms with Crippen LogP contribution in [0.5, 0.6) is 0 Å². The van der Waals surface area contributed by atoms with E-state index in [1.807, 2.05) is 42.3 Å². The smallest absolute Gasteiger partial charge is 0.228 e. The van der Waals surface area contributed by atoms with Crippen molar-refractivity contribution in [2.45, 2.75) is 18.9 Å². The number of piperidine rings is 1. The van der Waals surface area contributed by atoms with Gasteiger partial charge in [-0.3, -0.25) is 9.59 Å². The third kappa shape index (κ3) is 2.86. The molecule has 2 amide bonds. The van der Waals surface area contributed by atoms with Crippen molar-refractivity contribution in [2.75, 3.05) is 33.2 Å². The lowest BCUT2D eigenvalue weighted by Gasteiger charge is -2.41. The normalized spacial score (nSPS) is 26.1. The highest BCUT2D eigenvalue weighted by Crippen LogP contribution is 2.36. The molecule has 2 atom stereocenters. The van der Waals surface area contributed by atoms with E-state index in [-0.39, 0.29) is 23.8 Å². The lowest BCUT2D eigenvalue weighted by atomic mass is 9.83. The van der Waals surface area contributed by atoms with E-state index in [0.29, 0.717) is 12.8 Å². The van der Waals surface area contributed by atoms with Crippen molar-refractivity contribution in [1.29, 1.82) is 0 Å². The molecule has 0 aromatic heterocycles. The highest BCUT2D eigenvalue weighted by atomic mass is 16.2. The van der Waals surface area contributed by atoms with Crippen molar-refractivity contribution < 1.29 is 9.59 Å². The number of piperazine rings is 1. The second kappa shape index (κ2) is 6.48. The summed E-state index contributed by atoms with van der Waals surface area (Å²) in [7, 11) is 1.82. The zero-order valence-corrected chi connectivity index (χ0v) is 13.0. The summed E-state index contributed by atoms with van der Waals surface area (Å²) in [4.78, 5) is 28.8. The maximum atomic E-state index is 12.9. The minimum atomic E-state index is -0.148. The van der Waals surface area contributed by atoms with Crippen LogP contribution in [0.3, 0.4) is 0 Å². The SMILES string of the molecule is CN1C(=O)CCC(C(=O)N2CCNCC2)C1c1ccccc1. The first-order valence-corrected chi connectivity index (χ1v) is 7.98. The Morgan fingerprint density at radius 3 is 2.55 bits per heavy atom. The molecule has 2 heterocycles. The summed E-state index contributed by atoms with van der Waals surface area (Å²) in [5.41, 5.74) is 1.05. The van der Waals surface area contributed by atoms with E-state index in [1.165, 1.54) is 0 Å². The van der Waals surface area contributed by atoms with Crippen molar-refractivity contribution in [2.24, 2.45) is 5.92 Å². The van der Waals surface area contributed by atoms with Crippen LogP contribution in [0.15, 0.2) is 30.3 Å². The van der Waals surface area contributed by atoms with Crippen molar-refractivity contribution in [1.82, 2.24) is 15.1 Å². The first-order valence-electron chi connectivity index (χ1n) is 7.98. The zero-order chi connectivity index (χ0) is 15.5. The number of hydrogen-bond donors (Lipinski definition) is 1. The van der Waals surface area contributed by atoms with E-state index < -0.39 is 0 Å². The van der Waals surface area contributed by atoms with Crippen LogP contribution in [-0.2, 0) is 9.59 Å². The molecule has 2 aliphatic rings. The molecule has 2 saturated heterocycles. The summed E-state index contributed by atoms with van der Waals surface area (Å²) < 4.78 is 0. The Balaban J connectivity index is 1.86. The summed E-state index contributed by atoms with van der Waals surface area (Å²) in [6.45, 7) is 3.22. The molecule has 3 rings (SSSR count).